The SMILES string of the molecule is O=C(Cc1c(F)cccc1Cl)Nc1ccc(CO)c(Br)c1. The number of aliphatic hydroxyl groups is 1. The van der Waals surface area contributed by atoms with E-state index in [2.05, 4.69) is 21.2 Å². The first-order chi connectivity index (χ1) is 10.0. The van der Waals surface area contributed by atoms with Gasteiger partial charge in [-0.3, -0.25) is 4.79 Å². The molecule has 110 valence electrons. The fourth-order valence-electron chi connectivity index (χ4n) is 1.82. The number of aliphatic hydroxyl groups excluding tert-OH is 1. The van der Waals surface area contributed by atoms with E-state index in [1.54, 1.807) is 24.3 Å². The third-order valence-electron chi connectivity index (χ3n) is 2.91. The van der Waals surface area contributed by atoms with Crippen LogP contribution in [0.15, 0.2) is 40.9 Å². The first-order valence-electron chi connectivity index (χ1n) is 6.13. The monoisotopic (exact) mass is 371 g/mol. The van der Waals surface area contributed by atoms with Crippen LogP contribution in [0.5, 0.6) is 0 Å². The standard InChI is InChI=1S/C15H12BrClFNO2/c16-12-6-10(5-4-9(12)8-20)19-15(21)7-11-13(17)2-1-3-14(11)18/h1-6,20H,7-8H2,(H,19,21). The van der Waals surface area contributed by atoms with Gasteiger partial charge in [-0.25, -0.2) is 4.39 Å². The average Bonchev–Trinajstić information content (AvgIpc) is 2.43. The molecule has 0 spiro atoms. The van der Waals surface area contributed by atoms with Gasteiger partial charge in [-0.1, -0.05) is 39.7 Å². The maximum Gasteiger partial charge on any atom is 0.228 e. The molecular formula is C15H12BrClFNO2. The summed E-state index contributed by atoms with van der Waals surface area (Å²) in [6, 6.07) is 9.32. The van der Waals surface area contributed by atoms with Gasteiger partial charge in [0.15, 0.2) is 0 Å². The second kappa shape index (κ2) is 7.02. The third kappa shape index (κ3) is 4.03. The molecule has 2 rings (SSSR count). The van der Waals surface area contributed by atoms with Crippen LogP contribution in [0.4, 0.5) is 10.1 Å². The molecule has 0 atom stereocenters. The minimum absolute atomic E-state index is 0.0976. The fraction of sp³-hybridized carbons (Fsp3) is 0.133. The number of amides is 1. The van der Waals surface area contributed by atoms with E-state index in [-0.39, 0.29) is 29.5 Å². The molecule has 0 fully saturated rings. The smallest absolute Gasteiger partial charge is 0.228 e. The summed E-state index contributed by atoms with van der Waals surface area (Å²) in [6.07, 6.45) is -0.148. The highest BCUT2D eigenvalue weighted by atomic mass is 79.9. The lowest BCUT2D eigenvalue weighted by atomic mass is 10.1. The maximum atomic E-state index is 13.6. The Morgan fingerprint density at radius 3 is 2.71 bits per heavy atom. The van der Waals surface area contributed by atoms with E-state index in [9.17, 15) is 9.18 Å². The summed E-state index contributed by atoms with van der Waals surface area (Å²) in [5, 5.41) is 12.0. The summed E-state index contributed by atoms with van der Waals surface area (Å²) in [5.41, 5.74) is 1.43. The van der Waals surface area contributed by atoms with Gasteiger partial charge in [0, 0.05) is 20.7 Å². The largest absolute Gasteiger partial charge is 0.392 e. The van der Waals surface area contributed by atoms with Crippen LogP contribution in [-0.4, -0.2) is 11.0 Å². The van der Waals surface area contributed by atoms with Gasteiger partial charge in [0.25, 0.3) is 0 Å². The van der Waals surface area contributed by atoms with Crippen molar-refractivity contribution < 1.29 is 14.3 Å². The van der Waals surface area contributed by atoms with E-state index in [4.69, 9.17) is 16.7 Å². The van der Waals surface area contributed by atoms with Gasteiger partial charge in [0.05, 0.1) is 13.0 Å². The zero-order chi connectivity index (χ0) is 15.4. The average molecular weight is 373 g/mol. The Balaban J connectivity index is 2.10. The Kier molecular flexibility index (Phi) is 5.33. The van der Waals surface area contributed by atoms with Gasteiger partial charge >= 0.3 is 0 Å². The van der Waals surface area contributed by atoms with Gasteiger partial charge in [0.2, 0.25) is 5.91 Å². The van der Waals surface area contributed by atoms with Crippen LogP contribution in [0.3, 0.4) is 0 Å². The maximum absolute atomic E-state index is 13.6. The van der Waals surface area contributed by atoms with Crippen LogP contribution in [0.1, 0.15) is 11.1 Å². The van der Waals surface area contributed by atoms with E-state index < -0.39 is 5.82 Å². The molecule has 0 aromatic heterocycles. The predicted octanol–water partition coefficient (Wildman–Crippen LogP) is 3.92. The molecule has 0 aliphatic carbocycles. The lowest BCUT2D eigenvalue weighted by Crippen LogP contribution is -2.15. The lowest BCUT2D eigenvalue weighted by Gasteiger charge is -2.09. The number of carbonyl (C=O) groups is 1. The molecule has 6 heteroatoms. The third-order valence-corrected chi connectivity index (χ3v) is 4.00. The Labute approximate surface area is 134 Å². The fourth-order valence-corrected chi connectivity index (χ4v) is 2.55. The molecule has 21 heavy (non-hydrogen) atoms. The van der Waals surface area contributed by atoms with Gasteiger partial charge in [0.1, 0.15) is 5.82 Å². The topological polar surface area (TPSA) is 49.3 Å². The molecule has 0 bridgehead atoms. The molecule has 0 unspecified atom stereocenters. The van der Waals surface area contributed by atoms with Gasteiger partial charge < -0.3 is 10.4 Å². The normalized spacial score (nSPS) is 10.5. The Bertz CT molecular complexity index is 658. The lowest BCUT2D eigenvalue weighted by molar-refractivity contribution is -0.115. The van der Waals surface area contributed by atoms with Crippen LogP contribution in [-0.2, 0) is 17.8 Å². The van der Waals surface area contributed by atoms with Gasteiger partial charge in [-0.15, -0.1) is 0 Å². The zero-order valence-electron chi connectivity index (χ0n) is 10.9. The first-order valence-corrected chi connectivity index (χ1v) is 7.30. The molecular weight excluding hydrogens is 361 g/mol. The number of rotatable bonds is 4. The van der Waals surface area contributed by atoms with Crippen molar-refractivity contribution >= 4 is 39.1 Å². The van der Waals surface area contributed by atoms with Crippen molar-refractivity contribution in [1.82, 2.24) is 0 Å². The second-order valence-electron chi connectivity index (χ2n) is 4.39. The number of halogens is 3. The van der Waals surface area contributed by atoms with Crippen molar-refractivity contribution in [3.05, 3.63) is 62.8 Å². The zero-order valence-corrected chi connectivity index (χ0v) is 13.2. The number of hydrogen-bond donors (Lipinski definition) is 2. The van der Waals surface area contributed by atoms with Crippen molar-refractivity contribution in [2.45, 2.75) is 13.0 Å². The van der Waals surface area contributed by atoms with Gasteiger partial charge in [-0.2, -0.15) is 0 Å². The molecule has 2 N–H and O–H groups in total. The minimum Gasteiger partial charge on any atom is -0.392 e. The van der Waals surface area contributed by atoms with Crippen molar-refractivity contribution in [2.24, 2.45) is 0 Å². The van der Waals surface area contributed by atoms with E-state index in [1.165, 1.54) is 12.1 Å². The molecule has 0 aliphatic rings. The predicted molar refractivity (Wildman–Crippen MR) is 83.8 cm³/mol. The van der Waals surface area contributed by atoms with Crippen molar-refractivity contribution in [1.29, 1.82) is 0 Å². The number of nitrogens with one attached hydrogen (secondary N) is 1. The molecule has 0 saturated heterocycles. The van der Waals surface area contributed by atoms with Crippen LogP contribution in [0, 0.1) is 5.82 Å². The minimum atomic E-state index is -0.505. The molecule has 0 heterocycles. The summed E-state index contributed by atoms with van der Waals surface area (Å²) in [6.45, 7) is -0.0976. The van der Waals surface area contributed by atoms with Crippen LogP contribution < -0.4 is 5.32 Å². The molecule has 2 aromatic rings. The first kappa shape index (κ1) is 15.9. The Morgan fingerprint density at radius 1 is 1.33 bits per heavy atom. The number of anilines is 1. The summed E-state index contributed by atoms with van der Waals surface area (Å²) < 4.78 is 14.3. The van der Waals surface area contributed by atoms with Crippen molar-refractivity contribution in [3.63, 3.8) is 0 Å². The van der Waals surface area contributed by atoms with E-state index >= 15 is 0 Å². The number of benzene rings is 2. The summed E-state index contributed by atoms with van der Waals surface area (Å²) in [5.74, 6) is -0.875. The highest BCUT2D eigenvalue weighted by Crippen LogP contribution is 2.23. The summed E-state index contributed by atoms with van der Waals surface area (Å²) in [7, 11) is 0. The highest BCUT2D eigenvalue weighted by molar-refractivity contribution is 9.10. The van der Waals surface area contributed by atoms with Crippen LogP contribution in [0.25, 0.3) is 0 Å². The summed E-state index contributed by atoms with van der Waals surface area (Å²) >= 11 is 9.18. The molecule has 0 saturated carbocycles. The molecule has 3 nitrogen and oxygen atoms in total. The number of hydrogen-bond acceptors (Lipinski definition) is 2. The van der Waals surface area contributed by atoms with Crippen molar-refractivity contribution in [2.75, 3.05) is 5.32 Å². The van der Waals surface area contributed by atoms with Crippen molar-refractivity contribution in [3.8, 4) is 0 Å². The molecule has 0 radical (unpaired) electrons. The quantitative estimate of drug-likeness (QED) is 0.855. The molecule has 2 aromatic carbocycles. The van der Waals surface area contributed by atoms with Gasteiger partial charge in [-0.05, 0) is 29.8 Å². The van der Waals surface area contributed by atoms with Crippen LogP contribution >= 0.6 is 27.5 Å². The second-order valence-corrected chi connectivity index (χ2v) is 5.65. The van der Waals surface area contributed by atoms with E-state index in [1.807, 2.05) is 0 Å². The molecule has 0 aliphatic heterocycles. The van der Waals surface area contributed by atoms with E-state index in [0.717, 1.165) is 0 Å². The highest BCUT2D eigenvalue weighted by Gasteiger charge is 2.12. The summed E-state index contributed by atoms with van der Waals surface area (Å²) in [4.78, 5) is 12.0. The Hall–Kier alpha value is -1.43. The van der Waals surface area contributed by atoms with E-state index in [0.29, 0.717) is 15.7 Å². The molecule has 1 amide bonds. The number of carbonyl (C=O) groups excluding carboxylic acids is 1. The Morgan fingerprint density at radius 2 is 2.10 bits per heavy atom. The van der Waals surface area contributed by atoms with Crippen LogP contribution in [0.2, 0.25) is 5.02 Å².